The molecule has 0 radical (unpaired) electrons. The monoisotopic (exact) mass is 289 g/mol. The number of halogens is 3. The lowest BCUT2D eigenvalue weighted by atomic mass is 10.1. The van der Waals surface area contributed by atoms with E-state index < -0.39 is 0 Å². The van der Waals surface area contributed by atoms with Gasteiger partial charge in [0.15, 0.2) is 5.76 Å². The van der Waals surface area contributed by atoms with Crippen molar-refractivity contribution in [3.63, 3.8) is 0 Å². The first-order valence-corrected chi connectivity index (χ1v) is 5.33. The summed E-state index contributed by atoms with van der Waals surface area (Å²) in [5, 5.41) is 0.0610. The average molecular weight is 291 g/mol. The molecule has 0 fully saturated rings. The largest absolute Gasteiger partial charge is 0.427 e. The lowest BCUT2D eigenvalue weighted by Gasteiger charge is -1.99. The summed E-state index contributed by atoms with van der Waals surface area (Å²) >= 11 is 8.68. The molecule has 0 spiro atoms. The van der Waals surface area contributed by atoms with Crippen LogP contribution in [-0.4, -0.2) is 4.98 Å². The minimum Gasteiger partial charge on any atom is -0.427 e. The van der Waals surface area contributed by atoms with Gasteiger partial charge < -0.3 is 4.42 Å². The summed E-state index contributed by atoms with van der Waals surface area (Å²) < 4.78 is 18.8. The molecule has 0 bridgehead atoms. The second-order valence-corrected chi connectivity index (χ2v) is 4.19. The van der Waals surface area contributed by atoms with Crippen LogP contribution in [0.15, 0.2) is 27.1 Å². The van der Waals surface area contributed by atoms with Crippen LogP contribution in [0.3, 0.4) is 0 Å². The van der Waals surface area contributed by atoms with E-state index in [1.54, 1.807) is 19.1 Å². The van der Waals surface area contributed by atoms with E-state index in [4.69, 9.17) is 16.0 Å². The van der Waals surface area contributed by atoms with E-state index in [1.165, 1.54) is 6.07 Å². The predicted octanol–water partition coefficient (Wildman–Crippen LogP) is 4.21. The van der Waals surface area contributed by atoms with Crippen molar-refractivity contribution in [2.45, 2.75) is 6.92 Å². The van der Waals surface area contributed by atoms with E-state index in [0.717, 1.165) is 0 Å². The second-order valence-electron chi connectivity index (χ2n) is 3.01. The SMILES string of the molecule is Cc1nc(Cl)oc1-c1ccc(Br)c(F)c1. The van der Waals surface area contributed by atoms with Crippen LogP contribution in [0.1, 0.15) is 5.69 Å². The average Bonchev–Trinajstić information content (AvgIpc) is 2.50. The third-order valence-corrected chi connectivity index (χ3v) is 2.76. The van der Waals surface area contributed by atoms with Crippen molar-refractivity contribution in [2.75, 3.05) is 0 Å². The van der Waals surface area contributed by atoms with E-state index in [2.05, 4.69) is 20.9 Å². The Balaban J connectivity index is 2.54. The molecule has 1 aromatic carbocycles. The molecule has 2 aromatic rings. The number of oxazole rings is 1. The summed E-state index contributed by atoms with van der Waals surface area (Å²) in [7, 11) is 0. The Bertz CT molecular complexity index is 512. The number of aromatic nitrogens is 1. The Morgan fingerprint density at radius 1 is 1.47 bits per heavy atom. The fraction of sp³-hybridized carbons (Fsp3) is 0.100. The predicted molar refractivity (Wildman–Crippen MR) is 59.3 cm³/mol. The van der Waals surface area contributed by atoms with Gasteiger partial charge in [-0.05, 0) is 52.7 Å². The molecule has 78 valence electrons. The van der Waals surface area contributed by atoms with Gasteiger partial charge in [-0.1, -0.05) is 0 Å². The summed E-state index contributed by atoms with van der Waals surface area (Å²) in [4.78, 5) is 3.90. The van der Waals surface area contributed by atoms with Crippen LogP contribution in [0.25, 0.3) is 11.3 Å². The maximum atomic E-state index is 13.3. The van der Waals surface area contributed by atoms with Crippen LogP contribution in [-0.2, 0) is 0 Å². The van der Waals surface area contributed by atoms with Crippen molar-refractivity contribution in [3.05, 3.63) is 39.5 Å². The highest BCUT2D eigenvalue weighted by molar-refractivity contribution is 9.10. The van der Waals surface area contributed by atoms with Crippen molar-refractivity contribution in [3.8, 4) is 11.3 Å². The summed E-state index contributed by atoms with van der Waals surface area (Å²) in [6.07, 6.45) is 0. The van der Waals surface area contributed by atoms with Gasteiger partial charge in [0.1, 0.15) is 5.82 Å². The molecule has 0 saturated carbocycles. The number of hydrogen-bond donors (Lipinski definition) is 0. The lowest BCUT2D eigenvalue weighted by Crippen LogP contribution is -1.82. The molecule has 0 amide bonds. The molecule has 0 atom stereocenters. The van der Waals surface area contributed by atoms with E-state index in [-0.39, 0.29) is 11.2 Å². The van der Waals surface area contributed by atoms with Gasteiger partial charge in [0, 0.05) is 5.56 Å². The molecule has 0 aliphatic carbocycles. The number of hydrogen-bond acceptors (Lipinski definition) is 2. The molecule has 0 aliphatic heterocycles. The van der Waals surface area contributed by atoms with E-state index >= 15 is 0 Å². The van der Waals surface area contributed by atoms with Gasteiger partial charge >= 0.3 is 0 Å². The lowest BCUT2D eigenvalue weighted by molar-refractivity contribution is 0.571. The van der Waals surface area contributed by atoms with E-state index in [9.17, 15) is 4.39 Å². The third-order valence-electron chi connectivity index (χ3n) is 1.95. The molecule has 0 saturated heterocycles. The highest BCUT2D eigenvalue weighted by Crippen LogP contribution is 2.28. The van der Waals surface area contributed by atoms with Crippen molar-refractivity contribution in [1.82, 2.24) is 4.98 Å². The fourth-order valence-electron chi connectivity index (χ4n) is 1.27. The third kappa shape index (κ3) is 2.06. The maximum absolute atomic E-state index is 13.3. The summed E-state index contributed by atoms with van der Waals surface area (Å²) in [5.74, 6) is 0.144. The van der Waals surface area contributed by atoms with Gasteiger partial charge in [0.05, 0.1) is 10.2 Å². The van der Waals surface area contributed by atoms with Gasteiger partial charge in [-0.3, -0.25) is 0 Å². The van der Waals surface area contributed by atoms with Crippen molar-refractivity contribution < 1.29 is 8.81 Å². The van der Waals surface area contributed by atoms with Gasteiger partial charge in [-0.15, -0.1) is 0 Å². The van der Waals surface area contributed by atoms with E-state index in [1.807, 2.05) is 0 Å². The van der Waals surface area contributed by atoms with Crippen molar-refractivity contribution >= 4 is 27.5 Å². The van der Waals surface area contributed by atoms with Gasteiger partial charge in [-0.25, -0.2) is 9.37 Å². The maximum Gasteiger partial charge on any atom is 0.292 e. The molecule has 0 aliphatic rings. The molecular weight excluding hydrogens is 284 g/mol. The zero-order valence-electron chi connectivity index (χ0n) is 7.72. The molecule has 2 rings (SSSR count). The van der Waals surface area contributed by atoms with Crippen LogP contribution in [0, 0.1) is 12.7 Å². The molecule has 5 heteroatoms. The summed E-state index contributed by atoms with van der Waals surface area (Å²) in [6, 6.07) is 4.71. The minimum atomic E-state index is -0.348. The zero-order valence-corrected chi connectivity index (χ0v) is 10.1. The summed E-state index contributed by atoms with van der Waals surface area (Å²) in [6.45, 7) is 1.75. The standard InChI is InChI=1S/C10H6BrClFNO/c1-5-9(15-10(12)14-5)6-2-3-7(11)8(13)4-6/h2-4H,1H3. The minimum absolute atomic E-state index is 0.0610. The first-order valence-electron chi connectivity index (χ1n) is 4.16. The Hall–Kier alpha value is -0.870. The van der Waals surface area contributed by atoms with Crippen LogP contribution < -0.4 is 0 Å². The molecule has 0 unspecified atom stereocenters. The molecule has 15 heavy (non-hydrogen) atoms. The van der Waals surface area contributed by atoms with E-state index in [0.29, 0.717) is 21.5 Å². The molecule has 1 aromatic heterocycles. The Morgan fingerprint density at radius 2 is 2.20 bits per heavy atom. The molecule has 0 N–H and O–H groups in total. The Labute approximate surface area is 99.2 Å². The quantitative estimate of drug-likeness (QED) is 0.786. The molecular formula is C10H6BrClFNO. The molecule has 2 nitrogen and oxygen atoms in total. The highest BCUT2D eigenvalue weighted by atomic mass is 79.9. The second kappa shape index (κ2) is 3.94. The van der Waals surface area contributed by atoms with Gasteiger partial charge in [0.2, 0.25) is 0 Å². The first kappa shape index (κ1) is 10.6. The smallest absolute Gasteiger partial charge is 0.292 e. The number of rotatable bonds is 1. The zero-order chi connectivity index (χ0) is 11.0. The van der Waals surface area contributed by atoms with Crippen LogP contribution in [0.5, 0.6) is 0 Å². The van der Waals surface area contributed by atoms with Crippen LogP contribution >= 0.6 is 27.5 Å². The Kier molecular flexibility index (Phi) is 2.80. The van der Waals surface area contributed by atoms with Crippen LogP contribution in [0.4, 0.5) is 4.39 Å². The van der Waals surface area contributed by atoms with Crippen LogP contribution in [0.2, 0.25) is 5.35 Å². The Morgan fingerprint density at radius 3 is 2.73 bits per heavy atom. The first-order chi connectivity index (χ1) is 7.08. The number of nitrogens with zero attached hydrogens (tertiary/aromatic N) is 1. The van der Waals surface area contributed by atoms with Crippen molar-refractivity contribution in [2.24, 2.45) is 0 Å². The summed E-state index contributed by atoms with van der Waals surface area (Å²) in [5.41, 5.74) is 1.26. The number of aryl methyl sites for hydroxylation is 1. The van der Waals surface area contributed by atoms with Crippen molar-refractivity contribution in [1.29, 1.82) is 0 Å². The normalized spacial score (nSPS) is 10.7. The highest BCUT2D eigenvalue weighted by Gasteiger charge is 2.11. The van der Waals surface area contributed by atoms with Gasteiger partial charge in [-0.2, -0.15) is 0 Å². The van der Waals surface area contributed by atoms with Gasteiger partial charge in [0.25, 0.3) is 5.35 Å². The molecule has 1 heterocycles. The topological polar surface area (TPSA) is 26.0 Å². The fourth-order valence-corrected chi connectivity index (χ4v) is 1.72. The number of benzene rings is 1.